The maximum atomic E-state index is 12.5. The second-order valence-electron chi connectivity index (χ2n) is 4.28. The third-order valence-corrected chi connectivity index (χ3v) is 5.51. The average molecular weight is 359 g/mol. The molecule has 2 aromatic rings. The highest BCUT2D eigenvalue weighted by Crippen LogP contribution is 2.22. The molecule has 0 saturated carbocycles. The van der Waals surface area contributed by atoms with Crippen LogP contribution in [0, 0.1) is 0 Å². The predicted octanol–water partition coefficient (Wildman–Crippen LogP) is 1.45. The minimum Gasteiger partial charge on any atom is -0.326 e. The molecule has 0 aliphatic rings. The van der Waals surface area contributed by atoms with Gasteiger partial charge in [0.25, 0.3) is 10.0 Å². The molecule has 0 spiro atoms. The SMILES string of the molecule is CN(Cc1ccccc1Br)S(=O)(=O)c1[nH]ncc1CN. The number of benzene rings is 1. The van der Waals surface area contributed by atoms with Crippen molar-refractivity contribution in [1.82, 2.24) is 14.5 Å². The van der Waals surface area contributed by atoms with Crippen LogP contribution in [0.15, 0.2) is 40.0 Å². The molecular weight excluding hydrogens is 344 g/mol. The molecule has 0 radical (unpaired) electrons. The van der Waals surface area contributed by atoms with Crippen LogP contribution < -0.4 is 5.73 Å². The lowest BCUT2D eigenvalue weighted by molar-refractivity contribution is 0.462. The molecule has 8 heteroatoms. The topological polar surface area (TPSA) is 92.1 Å². The van der Waals surface area contributed by atoms with Crippen LogP contribution in [0.3, 0.4) is 0 Å². The average Bonchev–Trinajstić information content (AvgIpc) is 2.90. The minimum atomic E-state index is -3.64. The van der Waals surface area contributed by atoms with E-state index >= 15 is 0 Å². The summed E-state index contributed by atoms with van der Waals surface area (Å²) in [5, 5.41) is 6.30. The third kappa shape index (κ3) is 2.93. The maximum Gasteiger partial charge on any atom is 0.260 e. The molecule has 0 aliphatic carbocycles. The summed E-state index contributed by atoms with van der Waals surface area (Å²) in [6, 6.07) is 7.48. The standard InChI is InChI=1S/C12H15BrN4O2S/c1-17(8-9-4-2-3-5-11(9)13)20(18,19)12-10(6-14)7-15-16-12/h2-5,7H,6,8,14H2,1H3,(H,15,16). The number of nitrogens with zero attached hydrogens (tertiary/aromatic N) is 2. The Balaban J connectivity index is 2.29. The number of hydrogen-bond acceptors (Lipinski definition) is 4. The van der Waals surface area contributed by atoms with Crippen molar-refractivity contribution in [3.05, 3.63) is 46.1 Å². The van der Waals surface area contributed by atoms with E-state index in [1.54, 1.807) is 0 Å². The summed E-state index contributed by atoms with van der Waals surface area (Å²) < 4.78 is 27.1. The Labute approximate surface area is 126 Å². The molecule has 1 aromatic heterocycles. The number of sulfonamides is 1. The summed E-state index contributed by atoms with van der Waals surface area (Å²) >= 11 is 3.41. The van der Waals surface area contributed by atoms with Crippen LogP contribution in [0.5, 0.6) is 0 Å². The molecule has 0 unspecified atom stereocenters. The Morgan fingerprint density at radius 2 is 2.05 bits per heavy atom. The van der Waals surface area contributed by atoms with Crippen molar-refractivity contribution >= 4 is 26.0 Å². The summed E-state index contributed by atoms with van der Waals surface area (Å²) in [7, 11) is -2.12. The first-order chi connectivity index (χ1) is 9.46. The largest absolute Gasteiger partial charge is 0.326 e. The molecule has 108 valence electrons. The number of rotatable bonds is 5. The number of H-pyrrole nitrogens is 1. The molecule has 1 aromatic carbocycles. The fourth-order valence-corrected chi connectivity index (χ4v) is 3.44. The van der Waals surface area contributed by atoms with Crippen molar-refractivity contribution in [2.45, 2.75) is 18.1 Å². The molecule has 1 heterocycles. The fourth-order valence-electron chi connectivity index (χ4n) is 1.78. The quantitative estimate of drug-likeness (QED) is 0.845. The van der Waals surface area contributed by atoms with E-state index in [4.69, 9.17) is 5.73 Å². The van der Waals surface area contributed by atoms with E-state index in [0.717, 1.165) is 10.0 Å². The monoisotopic (exact) mass is 358 g/mol. The lowest BCUT2D eigenvalue weighted by atomic mass is 10.2. The van der Waals surface area contributed by atoms with Crippen molar-refractivity contribution in [1.29, 1.82) is 0 Å². The van der Waals surface area contributed by atoms with Crippen molar-refractivity contribution in [3.8, 4) is 0 Å². The first-order valence-corrected chi connectivity index (χ1v) is 8.12. The van der Waals surface area contributed by atoms with Gasteiger partial charge in [0, 0.05) is 30.2 Å². The second-order valence-corrected chi connectivity index (χ2v) is 7.12. The molecule has 2 rings (SSSR count). The summed E-state index contributed by atoms with van der Waals surface area (Å²) in [4.78, 5) is 0. The number of nitrogens with one attached hydrogen (secondary N) is 1. The zero-order chi connectivity index (χ0) is 14.8. The van der Waals surface area contributed by atoms with E-state index in [9.17, 15) is 8.42 Å². The van der Waals surface area contributed by atoms with Gasteiger partial charge in [-0.3, -0.25) is 5.10 Å². The molecule has 6 nitrogen and oxygen atoms in total. The van der Waals surface area contributed by atoms with Crippen LogP contribution >= 0.6 is 15.9 Å². The molecule has 0 saturated heterocycles. The first kappa shape index (κ1) is 15.2. The number of halogens is 1. The number of aromatic nitrogens is 2. The molecule has 0 fully saturated rings. The van der Waals surface area contributed by atoms with Gasteiger partial charge in [-0.25, -0.2) is 8.42 Å². The zero-order valence-electron chi connectivity index (χ0n) is 10.9. The van der Waals surface area contributed by atoms with Gasteiger partial charge >= 0.3 is 0 Å². The van der Waals surface area contributed by atoms with Crippen molar-refractivity contribution in [2.24, 2.45) is 5.73 Å². The Kier molecular flexibility index (Phi) is 4.59. The highest BCUT2D eigenvalue weighted by atomic mass is 79.9. The predicted molar refractivity (Wildman–Crippen MR) is 79.3 cm³/mol. The molecule has 20 heavy (non-hydrogen) atoms. The molecule has 0 bridgehead atoms. The Morgan fingerprint density at radius 1 is 1.35 bits per heavy atom. The summed E-state index contributed by atoms with van der Waals surface area (Å²) in [6.45, 7) is 0.376. The van der Waals surface area contributed by atoms with Gasteiger partial charge in [-0.1, -0.05) is 34.1 Å². The summed E-state index contributed by atoms with van der Waals surface area (Å²) in [5.74, 6) is 0. The molecule has 3 N–H and O–H groups in total. The van der Waals surface area contributed by atoms with Gasteiger partial charge in [-0.05, 0) is 11.6 Å². The zero-order valence-corrected chi connectivity index (χ0v) is 13.3. The number of nitrogens with two attached hydrogens (primary N) is 1. The van der Waals surface area contributed by atoms with Gasteiger partial charge in [-0.15, -0.1) is 0 Å². The van der Waals surface area contributed by atoms with E-state index in [0.29, 0.717) is 5.56 Å². The molecule has 0 aliphatic heterocycles. The van der Waals surface area contributed by atoms with E-state index < -0.39 is 10.0 Å². The maximum absolute atomic E-state index is 12.5. The van der Waals surface area contributed by atoms with Crippen LogP contribution in [0.1, 0.15) is 11.1 Å². The van der Waals surface area contributed by atoms with Gasteiger partial charge in [-0.2, -0.15) is 9.40 Å². The normalized spacial score (nSPS) is 12.0. The number of hydrogen-bond donors (Lipinski definition) is 2. The van der Waals surface area contributed by atoms with Gasteiger partial charge in [0.15, 0.2) is 5.03 Å². The first-order valence-electron chi connectivity index (χ1n) is 5.89. The molecular formula is C12H15BrN4O2S. The molecule has 0 atom stereocenters. The van der Waals surface area contributed by atoms with Crippen LogP contribution in [0.4, 0.5) is 0 Å². The van der Waals surface area contributed by atoms with Gasteiger partial charge in [0.05, 0.1) is 6.20 Å². The van der Waals surface area contributed by atoms with Crippen molar-refractivity contribution in [2.75, 3.05) is 7.05 Å². The van der Waals surface area contributed by atoms with E-state index in [1.807, 2.05) is 24.3 Å². The highest BCUT2D eigenvalue weighted by Gasteiger charge is 2.25. The van der Waals surface area contributed by atoms with Gasteiger partial charge in [0.1, 0.15) is 0 Å². The van der Waals surface area contributed by atoms with Crippen molar-refractivity contribution in [3.63, 3.8) is 0 Å². The van der Waals surface area contributed by atoms with E-state index in [-0.39, 0.29) is 18.1 Å². The number of aromatic amines is 1. The van der Waals surface area contributed by atoms with Crippen LogP contribution in [-0.2, 0) is 23.1 Å². The van der Waals surface area contributed by atoms with E-state index in [2.05, 4.69) is 26.1 Å². The third-order valence-electron chi connectivity index (χ3n) is 2.92. The molecule has 0 amide bonds. The smallest absolute Gasteiger partial charge is 0.260 e. The van der Waals surface area contributed by atoms with Crippen molar-refractivity contribution < 1.29 is 8.42 Å². The summed E-state index contributed by atoms with van der Waals surface area (Å²) in [5.41, 5.74) is 6.88. The Bertz CT molecular complexity index is 699. The van der Waals surface area contributed by atoms with E-state index in [1.165, 1.54) is 17.5 Å². The van der Waals surface area contributed by atoms with Crippen LogP contribution in [-0.4, -0.2) is 30.0 Å². The fraction of sp³-hybridized carbons (Fsp3) is 0.250. The summed E-state index contributed by atoms with van der Waals surface area (Å²) in [6.07, 6.45) is 1.43. The lowest BCUT2D eigenvalue weighted by Gasteiger charge is -2.17. The van der Waals surface area contributed by atoms with Crippen LogP contribution in [0.25, 0.3) is 0 Å². The van der Waals surface area contributed by atoms with Crippen LogP contribution in [0.2, 0.25) is 0 Å². The highest BCUT2D eigenvalue weighted by molar-refractivity contribution is 9.10. The minimum absolute atomic E-state index is 0.0505. The lowest BCUT2D eigenvalue weighted by Crippen LogP contribution is -2.28. The Morgan fingerprint density at radius 3 is 2.70 bits per heavy atom. The van der Waals surface area contributed by atoms with Gasteiger partial charge in [0.2, 0.25) is 0 Å². The Hall–Kier alpha value is -1.22. The van der Waals surface area contributed by atoms with Gasteiger partial charge < -0.3 is 5.73 Å². The second kappa shape index (κ2) is 6.04.